The van der Waals surface area contributed by atoms with Gasteiger partial charge in [-0.2, -0.15) is 0 Å². The van der Waals surface area contributed by atoms with Crippen LogP contribution in [0.1, 0.15) is 117 Å². The summed E-state index contributed by atoms with van der Waals surface area (Å²) in [5.74, 6) is 2.48. The van der Waals surface area contributed by atoms with Gasteiger partial charge in [0.05, 0.1) is 0 Å². The summed E-state index contributed by atoms with van der Waals surface area (Å²) >= 11 is 0. The third-order valence-electron chi connectivity index (χ3n) is 5.74. The predicted molar refractivity (Wildman–Crippen MR) is 102 cm³/mol. The molecule has 1 saturated carbocycles. The third-order valence-corrected chi connectivity index (χ3v) is 5.74. The maximum Gasteiger partial charge on any atom is 0.132 e. The Balaban J connectivity index is 2.08. The number of carbonyl (C=O) groups is 2. The first-order valence-corrected chi connectivity index (χ1v) is 10.7. The minimum absolute atomic E-state index is 0.389. The van der Waals surface area contributed by atoms with E-state index in [0.29, 0.717) is 24.4 Å². The van der Waals surface area contributed by atoms with Gasteiger partial charge >= 0.3 is 0 Å². The number of carbonyl (C=O) groups excluding carboxylic acids is 2. The molecule has 0 heterocycles. The quantitative estimate of drug-likeness (QED) is 0.333. The van der Waals surface area contributed by atoms with Gasteiger partial charge in [0.15, 0.2) is 0 Å². The van der Waals surface area contributed by atoms with Gasteiger partial charge in [0.2, 0.25) is 0 Å². The van der Waals surface area contributed by atoms with Crippen molar-refractivity contribution in [2.45, 2.75) is 117 Å². The van der Waals surface area contributed by atoms with E-state index in [-0.39, 0.29) is 0 Å². The maximum atomic E-state index is 12.1. The standard InChI is InChI=1S/C22H40O2/c1-3-5-6-14-21(23)15-9-10-16-22(24)18-17-20-13-8-7-12-19(20)11-4-2/h19-20H,3-18H2,1-2H3. The summed E-state index contributed by atoms with van der Waals surface area (Å²) in [6, 6.07) is 0. The van der Waals surface area contributed by atoms with Gasteiger partial charge in [0.25, 0.3) is 0 Å². The summed E-state index contributed by atoms with van der Waals surface area (Å²) in [7, 11) is 0. The molecule has 1 rings (SSSR count). The molecule has 2 unspecified atom stereocenters. The molecular formula is C22H40O2. The van der Waals surface area contributed by atoms with Gasteiger partial charge < -0.3 is 0 Å². The second kappa shape index (κ2) is 13.6. The number of hydrogen-bond acceptors (Lipinski definition) is 2. The maximum absolute atomic E-state index is 12.1. The van der Waals surface area contributed by atoms with Crippen LogP contribution >= 0.6 is 0 Å². The fourth-order valence-electron chi connectivity index (χ4n) is 4.23. The van der Waals surface area contributed by atoms with Crippen LogP contribution in [-0.4, -0.2) is 11.6 Å². The van der Waals surface area contributed by atoms with Gasteiger partial charge in [-0.05, 0) is 37.5 Å². The first-order valence-electron chi connectivity index (χ1n) is 10.7. The van der Waals surface area contributed by atoms with Gasteiger partial charge in [-0.1, -0.05) is 65.2 Å². The fourth-order valence-corrected chi connectivity index (χ4v) is 4.23. The van der Waals surface area contributed by atoms with E-state index >= 15 is 0 Å². The van der Waals surface area contributed by atoms with Crippen LogP contribution in [0.5, 0.6) is 0 Å². The van der Waals surface area contributed by atoms with E-state index in [2.05, 4.69) is 13.8 Å². The van der Waals surface area contributed by atoms with Crippen LogP contribution in [-0.2, 0) is 9.59 Å². The zero-order chi connectivity index (χ0) is 17.6. The minimum atomic E-state index is 0.389. The highest BCUT2D eigenvalue weighted by molar-refractivity contribution is 5.79. The molecule has 2 atom stereocenters. The number of unbranched alkanes of at least 4 members (excludes halogenated alkanes) is 3. The lowest BCUT2D eigenvalue weighted by Crippen LogP contribution is -2.20. The van der Waals surface area contributed by atoms with Crippen LogP contribution in [0, 0.1) is 11.8 Å². The van der Waals surface area contributed by atoms with Crippen molar-refractivity contribution < 1.29 is 9.59 Å². The summed E-state index contributed by atoms with van der Waals surface area (Å²) in [5, 5.41) is 0. The summed E-state index contributed by atoms with van der Waals surface area (Å²) < 4.78 is 0. The van der Waals surface area contributed by atoms with Crippen molar-refractivity contribution in [3.63, 3.8) is 0 Å². The molecule has 2 nitrogen and oxygen atoms in total. The SMILES string of the molecule is CCCCCC(=O)CCCCC(=O)CCC1CCCCC1CCC. The smallest absolute Gasteiger partial charge is 0.132 e. The Bertz CT molecular complexity index is 346. The Kier molecular flexibility index (Phi) is 12.1. The van der Waals surface area contributed by atoms with Gasteiger partial charge in [-0.3, -0.25) is 9.59 Å². The van der Waals surface area contributed by atoms with Crippen molar-refractivity contribution in [2.24, 2.45) is 11.8 Å². The van der Waals surface area contributed by atoms with Crippen molar-refractivity contribution in [1.29, 1.82) is 0 Å². The lowest BCUT2D eigenvalue weighted by Gasteiger charge is -2.31. The van der Waals surface area contributed by atoms with Crippen molar-refractivity contribution in [3.05, 3.63) is 0 Å². The van der Waals surface area contributed by atoms with Crippen molar-refractivity contribution in [2.75, 3.05) is 0 Å². The first kappa shape index (κ1) is 21.4. The number of Topliss-reactive ketones (excluding diaryl/α,β-unsaturated/α-hetero) is 2. The molecule has 0 aromatic heterocycles. The second-order valence-electron chi connectivity index (χ2n) is 7.87. The molecule has 0 spiro atoms. The van der Waals surface area contributed by atoms with E-state index < -0.39 is 0 Å². The Hall–Kier alpha value is -0.660. The van der Waals surface area contributed by atoms with Gasteiger partial charge in [-0.25, -0.2) is 0 Å². The lowest BCUT2D eigenvalue weighted by atomic mass is 9.74. The molecule has 0 aromatic rings. The molecular weight excluding hydrogens is 296 g/mol. The molecule has 0 N–H and O–H groups in total. The largest absolute Gasteiger partial charge is 0.300 e. The van der Waals surface area contributed by atoms with E-state index in [1.165, 1.54) is 44.9 Å². The molecule has 2 heteroatoms. The van der Waals surface area contributed by atoms with Gasteiger partial charge in [0.1, 0.15) is 11.6 Å². The summed E-state index contributed by atoms with van der Waals surface area (Å²) in [4.78, 5) is 23.8. The van der Waals surface area contributed by atoms with Crippen LogP contribution in [0.2, 0.25) is 0 Å². The topological polar surface area (TPSA) is 34.1 Å². The monoisotopic (exact) mass is 336 g/mol. The predicted octanol–water partition coefficient (Wildman–Crippen LogP) is 6.65. The van der Waals surface area contributed by atoms with Gasteiger partial charge in [-0.15, -0.1) is 0 Å². The van der Waals surface area contributed by atoms with Crippen molar-refractivity contribution >= 4 is 11.6 Å². The highest BCUT2D eigenvalue weighted by Gasteiger charge is 2.24. The molecule has 0 bridgehead atoms. The highest BCUT2D eigenvalue weighted by Crippen LogP contribution is 2.36. The van der Waals surface area contributed by atoms with E-state index in [1.54, 1.807) is 0 Å². The molecule has 24 heavy (non-hydrogen) atoms. The van der Waals surface area contributed by atoms with Crippen molar-refractivity contribution in [1.82, 2.24) is 0 Å². The van der Waals surface area contributed by atoms with E-state index in [1.807, 2.05) is 0 Å². The van der Waals surface area contributed by atoms with Crippen LogP contribution < -0.4 is 0 Å². The van der Waals surface area contributed by atoms with Gasteiger partial charge in [0, 0.05) is 25.7 Å². The summed E-state index contributed by atoms with van der Waals surface area (Å²) in [6.45, 7) is 4.44. The first-order chi connectivity index (χ1) is 11.7. The summed E-state index contributed by atoms with van der Waals surface area (Å²) in [6.07, 6.45) is 17.3. The van der Waals surface area contributed by atoms with E-state index in [0.717, 1.165) is 56.8 Å². The lowest BCUT2D eigenvalue weighted by molar-refractivity contribution is -0.121. The molecule has 0 amide bonds. The molecule has 1 fully saturated rings. The molecule has 1 aliphatic rings. The number of ketones is 2. The van der Waals surface area contributed by atoms with Crippen LogP contribution in [0.25, 0.3) is 0 Å². The molecule has 1 aliphatic carbocycles. The highest BCUT2D eigenvalue weighted by atomic mass is 16.1. The normalized spacial score (nSPS) is 20.9. The summed E-state index contributed by atoms with van der Waals surface area (Å²) in [5.41, 5.74) is 0. The Morgan fingerprint density at radius 1 is 0.667 bits per heavy atom. The zero-order valence-electron chi connectivity index (χ0n) is 16.3. The average Bonchev–Trinajstić information content (AvgIpc) is 2.58. The van der Waals surface area contributed by atoms with Crippen LogP contribution in [0.3, 0.4) is 0 Å². The second-order valence-corrected chi connectivity index (χ2v) is 7.87. The third kappa shape index (κ3) is 9.59. The van der Waals surface area contributed by atoms with Crippen LogP contribution in [0.15, 0.2) is 0 Å². The zero-order valence-corrected chi connectivity index (χ0v) is 16.3. The molecule has 0 saturated heterocycles. The molecule has 0 radical (unpaired) electrons. The Labute approximate surface area is 150 Å². The Morgan fingerprint density at radius 3 is 1.71 bits per heavy atom. The number of rotatable bonds is 14. The fraction of sp³-hybridized carbons (Fsp3) is 0.909. The number of hydrogen-bond donors (Lipinski definition) is 0. The van der Waals surface area contributed by atoms with E-state index in [9.17, 15) is 9.59 Å². The minimum Gasteiger partial charge on any atom is -0.300 e. The molecule has 0 aliphatic heterocycles. The van der Waals surface area contributed by atoms with E-state index in [4.69, 9.17) is 0 Å². The molecule has 140 valence electrons. The van der Waals surface area contributed by atoms with Crippen LogP contribution in [0.4, 0.5) is 0 Å². The average molecular weight is 337 g/mol. The molecule has 0 aromatic carbocycles. The Morgan fingerprint density at radius 2 is 1.17 bits per heavy atom. The van der Waals surface area contributed by atoms with Crippen molar-refractivity contribution in [3.8, 4) is 0 Å².